The van der Waals surface area contributed by atoms with Crippen molar-refractivity contribution in [1.29, 1.82) is 0 Å². The predicted octanol–water partition coefficient (Wildman–Crippen LogP) is 3.71. The van der Waals surface area contributed by atoms with E-state index in [1.165, 1.54) is 11.1 Å². The first kappa shape index (κ1) is 13.3. The number of hydrogen-bond donors (Lipinski definition) is 0. The van der Waals surface area contributed by atoms with Crippen molar-refractivity contribution in [3.05, 3.63) is 80.9 Å². The molecule has 3 nitrogen and oxygen atoms in total. The molecule has 98 valence electrons. The first-order chi connectivity index (χ1) is 9.08. The standard InChI is InChI=1S/C16H17NO2/c1-12-8-9-15(10-13(12)2)16(11-17(18)19)14-6-4-3-5-7-14/h3-10,16H,11H2,1-2H3/t16-/m0/s1. The van der Waals surface area contributed by atoms with Crippen LogP contribution in [0, 0.1) is 24.0 Å². The minimum Gasteiger partial charge on any atom is -0.265 e. The molecule has 2 aromatic rings. The Bertz CT molecular complexity index is 579. The van der Waals surface area contributed by atoms with Gasteiger partial charge in [-0.25, -0.2) is 0 Å². The van der Waals surface area contributed by atoms with Crippen molar-refractivity contribution < 1.29 is 4.92 Å². The predicted molar refractivity (Wildman–Crippen MR) is 76.1 cm³/mol. The zero-order valence-corrected chi connectivity index (χ0v) is 11.2. The van der Waals surface area contributed by atoms with E-state index in [4.69, 9.17) is 0 Å². The number of hydrogen-bond acceptors (Lipinski definition) is 2. The van der Waals surface area contributed by atoms with Crippen molar-refractivity contribution in [1.82, 2.24) is 0 Å². The summed E-state index contributed by atoms with van der Waals surface area (Å²) >= 11 is 0. The fourth-order valence-corrected chi connectivity index (χ4v) is 2.22. The maximum atomic E-state index is 10.9. The average molecular weight is 255 g/mol. The zero-order valence-electron chi connectivity index (χ0n) is 11.2. The fraction of sp³-hybridized carbons (Fsp3) is 0.250. The molecule has 0 aliphatic rings. The Hall–Kier alpha value is -2.16. The lowest BCUT2D eigenvalue weighted by atomic mass is 9.89. The van der Waals surface area contributed by atoms with Crippen molar-refractivity contribution in [2.24, 2.45) is 0 Å². The van der Waals surface area contributed by atoms with Crippen LogP contribution in [0.4, 0.5) is 0 Å². The van der Waals surface area contributed by atoms with Gasteiger partial charge in [0.2, 0.25) is 6.54 Å². The van der Waals surface area contributed by atoms with Crippen molar-refractivity contribution in [2.45, 2.75) is 19.8 Å². The molecule has 1 atom stereocenters. The van der Waals surface area contributed by atoms with E-state index in [1.54, 1.807) is 0 Å². The monoisotopic (exact) mass is 255 g/mol. The van der Waals surface area contributed by atoms with Gasteiger partial charge in [-0.2, -0.15) is 0 Å². The molecule has 0 N–H and O–H groups in total. The number of nitro groups is 1. The van der Waals surface area contributed by atoms with Gasteiger partial charge in [0.05, 0.1) is 5.92 Å². The largest absolute Gasteiger partial charge is 0.265 e. The second-order valence-corrected chi connectivity index (χ2v) is 4.82. The summed E-state index contributed by atoms with van der Waals surface area (Å²) in [5.41, 5.74) is 4.37. The molecule has 0 spiro atoms. The molecule has 0 amide bonds. The van der Waals surface area contributed by atoms with E-state index >= 15 is 0 Å². The number of nitrogens with zero attached hydrogens (tertiary/aromatic N) is 1. The van der Waals surface area contributed by atoms with Gasteiger partial charge in [-0.3, -0.25) is 10.1 Å². The summed E-state index contributed by atoms with van der Waals surface area (Å²) in [6.45, 7) is 4.00. The topological polar surface area (TPSA) is 43.1 Å². The van der Waals surface area contributed by atoms with Gasteiger partial charge in [0.15, 0.2) is 0 Å². The Labute approximate surface area is 113 Å². The van der Waals surface area contributed by atoms with Crippen LogP contribution in [0.2, 0.25) is 0 Å². The lowest BCUT2D eigenvalue weighted by Crippen LogP contribution is -2.14. The van der Waals surface area contributed by atoms with Crippen LogP contribution in [0.3, 0.4) is 0 Å². The number of rotatable bonds is 4. The molecule has 2 aromatic carbocycles. The SMILES string of the molecule is Cc1ccc([C@@H](C[N+](=O)[O-])c2ccccc2)cc1C. The van der Waals surface area contributed by atoms with Gasteiger partial charge in [-0.05, 0) is 36.1 Å². The lowest BCUT2D eigenvalue weighted by molar-refractivity contribution is -0.481. The molecular formula is C16H17NO2. The molecule has 3 heteroatoms. The molecule has 0 radical (unpaired) electrons. The van der Waals surface area contributed by atoms with Crippen LogP contribution >= 0.6 is 0 Å². The van der Waals surface area contributed by atoms with Crippen LogP contribution < -0.4 is 0 Å². The Kier molecular flexibility index (Phi) is 3.95. The van der Waals surface area contributed by atoms with Crippen LogP contribution in [0.5, 0.6) is 0 Å². The molecule has 0 aliphatic heterocycles. The highest BCUT2D eigenvalue weighted by molar-refractivity contribution is 5.37. The summed E-state index contributed by atoms with van der Waals surface area (Å²) < 4.78 is 0. The molecule has 2 rings (SSSR count). The highest BCUT2D eigenvalue weighted by Crippen LogP contribution is 2.26. The number of aryl methyl sites for hydroxylation is 2. The summed E-state index contributed by atoms with van der Waals surface area (Å²) in [5, 5.41) is 10.9. The maximum absolute atomic E-state index is 10.9. The van der Waals surface area contributed by atoms with E-state index < -0.39 is 0 Å². The van der Waals surface area contributed by atoms with Crippen molar-refractivity contribution >= 4 is 0 Å². The van der Waals surface area contributed by atoms with E-state index in [0.29, 0.717) is 0 Å². The Balaban J connectivity index is 2.42. The zero-order chi connectivity index (χ0) is 13.8. The number of benzene rings is 2. The quantitative estimate of drug-likeness (QED) is 0.617. The normalized spacial score (nSPS) is 12.1. The van der Waals surface area contributed by atoms with E-state index in [-0.39, 0.29) is 17.4 Å². The van der Waals surface area contributed by atoms with Gasteiger partial charge in [0.25, 0.3) is 0 Å². The van der Waals surface area contributed by atoms with Gasteiger partial charge in [0, 0.05) is 4.92 Å². The van der Waals surface area contributed by atoms with E-state index in [9.17, 15) is 10.1 Å². The second-order valence-electron chi connectivity index (χ2n) is 4.82. The Morgan fingerprint density at radius 2 is 1.68 bits per heavy atom. The summed E-state index contributed by atoms with van der Waals surface area (Å²) in [7, 11) is 0. The molecule has 0 unspecified atom stereocenters. The first-order valence-electron chi connectivity index (χ1n) is 6.32. The molecule has 0 aliphatic carbocycles. The molecule has 0 aromatic heterocycles. The van der Waals surface area contributed by atoms with Crippen LogP contribution in [-0.2, 0) is 0 Å². The third-order valence-corrected chi connectivity index (χ3v) is 3.47. The Morgan fingerprint density at radius 3 is 2.26 bits per heavy atom. The molecule has 0 fully saturated rings. The highest BCUT2D eigenvalue weighted by Gasteiger charge is 2.20. The molecule has 0 bridgehead atoms. The summed E-state index contributed by atoms with van der Waals surface area (Å²) in [6, 6.07) is 15.7. The van der Waals surface area contributed by atoms with E-state index in [2.05, 4.69) is 6.07 Å². The van der Waals surface area contributed by atoms with E-state index in [1.807, 2.05) is 56.3 Å². The minimum absolute atomic E-state index is 0.0769. The highest BCUT2D eigenvalue weighted by atomic mass is 16.6. The van der Waals surface area contributed by atoms with Gasteiger partial charge < -0.3 is 0 Å². The van der Waals surface area contributed by atoms with E-state index in [0.717, 1.165) is 11.1 Å². The third-order valence-electron chi connectivity index (χ3n) is 3.47. The molecule has 0 saturated heterocycles. The second kappa shape index (κ2) is 5.65. The lowest BCUT2D eigenvalue weighted by Gasteiger charge is -2.15. The van der Waals surface area contributed by atoms with Crippen LogP contribution in [0.15, 0.2) is 48.5 Å². The van der Waals surface area contributed by atoms with Gasteiger partial charge >= 0.3 is 0 Å². The minimum atomic E-state index is -0.243. The average Bonchev–Trinajstić information content (AvgIpc) is 2.40. The Morgan fingerprint density at radius 1 is 1.00 bits per heavy atom. The summed E-state index contributed by atoms with van der Waals surface area (Å²) in [5.74, 6) is -0.185. The van der Waals surface area contributed by atoms with Gasteiger partial charge in [0.1, 0.15) is 0 Å². The molecule has 0 heterocycles. The summed E-state index contributed by atoms with van der Waals surface area (Å²) in [6.07, 6.45) is 0. The molecule has 0 saturated carbocycles. The van der Waals surface area contributed by atoms with Crippen molar-refractivity contribution in [3.63, 3.8) is 0 Å². The first-order valence-corrected chi connectivity index (χ1v) is 6.32. The van der Waals surface area contributed by atoms with Crippen molar-refractivity contribution in [3.8, 4) is 0 Å². The summed E-state index contributed by atoms with van der Waals surface area (Å²) in [4.78, 5) is 10.7. The van der Waals surface area contributed by atoms with Crippen molar-refractivity contribution in [2.75, 3.05) is 6.54 Å². The maximum Gasteiger partial charge on any atom is 0.214 e. The van der Waals surface area contributed by atoms with Crippen LogP contribution in [0.25, 0.3) is 0 Å². The third kappa shape index (κ3) is 3.19. The van der Waals surface area contributed by atoms with Gasteiger partial charge in [-0.15, -0.1) is 0 Å². The molecule has 19 heavy (non-hydrogen) atoms. The van der Waals surface area contributed by atoms with Crippen LogP contribution in [-0.4, -0.2) is 11.5 Å². The molecular weight excluding hydrogens is 238 g/mol. The van der Waals surface area contributed by atoms with Gasteiger partial charge in [-0.1, -0.05) is 48.5 Å². The smallest absolute Gasteiger partial charge is 0.214 e. The fourth-order valence-electron chi connectivity index (χ4n) is 2.22. The van der Waals surface area contributed by atoms with Crippen LogP contribution in [0.1, 0.15) is 28.2 Å².